The molecule has 0 spiro atoms. The summed E-state index contributed by atoms with van der Waals surface area (Å²) in [7, 11) is 0. The minimum Gasteiger partial charge on any atom is -0.465 e. The van der Waals surface area contributed by atoms with Crippen LogP contribution in [-0.2, 0) is 19.0 Å². The summed E-state index contributed by atoms with van der Waals surface area (Å²) in [6.45, 7) is 3.03. The standard InChI is InChI=1S/C26H50O9/c1-3-5-6-7-8-9-10-11-12-13-14-15-21(29)33-18-26(4-2,17-28)19-34-25-24(32)23(31)22(30)20(16-27)35-25/h20,22-25,27-28,30-32H,3-19H2,1-2H3/t20-,22-,23+,24-,25+,26?/m1/s1. The average molecular weight is 507 g/mol. The number of ether oxygens (including phenoxy) is 3. The Morgan fingerprint density at radius 2 is 1.37 bits per heavy atom. The lowest BCUT2D eigenvalue weighted by molar-refractivity contribution is -0.307. The van der Waals surface area contributed by atoms with E-state index < -0.39 is 42.7 Å². The number of rotatable bonds is 20. The van der Waals surface area contributed by atoms with E-state index in [4.69, 9.17) is 14.2 Å². The van der Waals surface area contributed by atoms with E-state index in [0.717, 1.165) is 19.3 Å². The van der Waals surface area contributed by atoms with Gasteiger partial charge in [0.2, 0.25) is 0 Å². The van der Waals surface area contributed by atoms with Crippen molar-refractivity contribution in [1.29, 1.82) is 0 Å². The predicted octanol–water partition coefficient (Wildman–Crippen LogP) is 2.44. The van der Waals surface area contributed by atoms with Gasteiger partial charge in [0.05, 0.1) is 25.2 Å². The maximum atomic E-state index is 12.2. The summed E-state index contributed by atoms with van der Waals surface area (Å²) in [5, 5.41) is 49.1. The van der Waals surface area contributed by atoms with Gasteiger partial charge >= 0.3 is 5.97 Å². The highest BCUT2D eigenvalue weighted by Gasteiger charge is 2.45. The van der Waals surface area contributed by atoms with Gasteiger partial charge in [-0.25, -0.2) is 0 Å². The van der Waals surface area contributed by atoms with Crippen molar-refractivity contribution in [1.82, 2.24) is 0 Å². The van der Waals surface area contributed by atoms with Crippen molar-refractivity contribution in [3.8, 4) is 0 Å². The summed E-state index contributed by atoms with van der Waals surface area (Å²) in [5.74, 6) is -0.319. The predicted molar refractivity (Wildman–Crippen MR) is 132 cm³/mol. The monoisotopic (exact) mass is 506 g/mol. The number of aliphatic hydroxyl groups is 5. The smallest absolute Gasteiger partial charge is 0.305 e. The van der Waals surface area contributed by atoms with E-state index in [2.05, 4.69) is 6.92 Å². The van der Waals surface area contributed by atoms with Gasteiger partial charge in [-0.2, -0.15) is 0 Å². The minimum atomic E-state index is -1.54. The Bertz CT molecular complexity index is 539. The third-order valence-electron chi connectivity index (χ3n) is 7.01. The largest absolute Gasteiger partial charge is 0.465 e. The molecule has 208 valence electrons. The lowest BCUT2D eigenvalue weighted by Crippen LogP contribution is -2.59. The molecule has 0 saturated carbocycles. The van der Waals surface area contributed by atoms with Gasteiger partial charge in [0.1, 0.15) is 31.0 Å². The zero-order valence-electron chi connectivity index (χ0n) is 21.8. The summed E-state index contributed by atoms with van der Waals surface area (Å²) in [6, 6.07) is 0. The van der Waals surface area contributed by atoms with Crippen LogP contribution in [0, 0.1) is 5.41 Å². The Kier molecular flexibility index (Phi) is 17.0. The molecule has 0 bridgehead atoms. The van der Waals surface area contributed by atoms with Gasteiger partial charge in [0.15, 0.2) is 6.29 Å². The molecule has 0 amide bonds. The molecule has 0 aromatic rings. The average Bonchev–Trinajstić information content (AvgIpc) is 2.87. The zero-order chi connectivity index (χ0) is 26.1. The number of carbonyl (C=O) groups is 1. The molecule has 0 radical (unpaired) electrons. The van der Waals surface area contributed by atoms with Crippen LogP contribution in [0.1, 0.15) is 97.3 Å². The van der Waals surface area contributed by atoms with Crippen LogP contribution in [0.2, 0.25) is 0 Å². The molecule has 9 heteroatoms. The molecule has 35 heavy (non-hydrogen) atoms. The number of carbonyl (C=O) groups excluding carboxylic acids is 1. The number of esters is 1. The van der Waals surface area contributed by atoms with Crippen LogP contribution >= 0.6 is 0 Å². The summed E-state index contributed by atoms with van der Waals surface area (Å²) >= 11 is 0. The first-order valence-electron chi connectivity index (χ1n) is 13.5. The third kappa shape index (κ3) is 11.9. The van der Waals surface area contributed by atoms with Crippen LogP contribution in [0.3, 0.4) is 0 Å². The highest BCUT2D eigenvalue weighted by Crippen LogP contribution is 2.27. The fourth-order valence-electron chi connectivity index (χ4n) is 4.15. The summed E-state index contributed by atoms with van der Waals surface area (Å²) < 4.78 is 16.4. The molecular weight excluding hydrogens is 456 g/mol. The Balaban J connectivity index is 2.28. The lowest BCUT2D eigenvalue weighted by atomic mass is 9.88. The van der Waals surface area contributed by atoms with Crippen LogP contribution in [0.4, 0.5) is 0 Å². The quantitative estimate of drug-likeness (QED) is 0.124. The highest BCUT2D eigenvalue weighted by atomic mass is 16.7. The molecule has 1 fully saturated rings. The number of unbranched alkanes of at least 4 members (excludes halogenated alkanes) is 10. The van der Waals surface area contributed by atoms with Crippen LogP contribution in [-0.4, -0.2) is 88.6 Å². The molecule has 1 heterocycles. The Hall–Kier alpha value is -0.810. The molecule has 0 aromatic carbocycles. The third-order valence-corrected chi connectivity index (χ3v) is 7.01. The maximum absolute atomic E-state index is 12.2. The molecule has 1 saturated heterocycles. The molecular formula is C26H50O9. The van der Waals surface area contributed by atoms with Gasteiger partial charge in [-0.3, -0.25) is 4.79 Å². The summed E-state index contributed by atoms with van der Waals surface area (Å²) in [4.78, 5) is 12.2. The lowest BCUT2D eigenvalue weighted by Gasteiger charge is -2.41. The van der Waals surface area contributed by atoms with Gasteiger partial charge in [-0.05, 0) is 12.8 Å². The fraction of sp³-hybridized carbons (Fsp3) is 0.962. The molecule has 0 aliphatic carbocycles. The second-order valence-electron chi connectivity index (χ2n) is 9.97. The molecule has 9 nitrogen and oxygen atoms in total. The fourth-order valence-corrected chi connectivity index (χ4v) is 4.15. The van der Waals surface area contributed by atoms with Crippen molar-refractivity contribution in [2.24, 2.45) is 5.41 Å². The van der Waals surface area contributed by atoms with Crippen molar-refractivity contribution in [2.45, 2.75) is 128 Å². The Morgan fingerprint density at radius 1 is 0.800 bits per heavy atom. The summed E-state index contributed by atoms with van der Waals surface area (Å²) in [6.07, 6.45) is 7.07. The first-order valence-corrected chi connectivity index (χ1v) is 13.5. The van der Waals surface area contributed by atoms with Gasteiger partial charge in [0, 0.05) is 6.42 Å². The second kappa shape index (κ2) is 18.4. The molecule has 1 aliphatic rings. The van der Waals surface area contributed by atoms with E-state index >= 15 is 0 Å². The second-order valence-corrected chi connectivity index (χ2v) is 9.97. The molecule has 0 aromatic heterocycles. The van der Waals surface area contributed by atoms with Crippen LogP contribution in [0.5, 0.6) is 0 Å². The van der Waals surface area contributed by atoms with Crippen LogP contribution in [0.15, 0.2) is 0 Å². The highest BCUT2D eigenvalue weighted by molar-refractivity contribution is 5.69. The van der Waals surface area contributed by atoms with E-state index in [1.807, 2.05) is 6.92 Å². The van der Waals surface area contributed by atoms with Crippen LogP contribution in [0.25, 0.3) is 0 Å². The van der Waals surface area contributed by atoms with Crippen molar-refractivity contribution in [3.05, 3.63) is 0 Å². The molecule has 5 N–H and O–H groups in total. The molecule has 1 rings (SSSR count). The first-order chi connectivity index (χ1) is 16.8. The zero-order valence-corrected chi connectivity index (χ0v) is 21.8. The van der Waals surface area contributed by atoms with Crippen molar-refractivity contribution >= 4 is 5.97 Å². The topological polar surface area (TPSA) is 146 Å². The van der Waals surface area contributed by atoms with Gasteiger partial charge in [-0.1, -0.05) is 78.1 Å². The summed E-state index contributed by atoms with van der Waals surface area (Å²) in [5.41, 5.74) is -0.897. The minimum absolute atomic E-state index is 0.0473. The van der Waals surface area contributed by atoms with E-state index in [1.165, 1.54) is 51.4 Å². The molecule has 1 unspecified atom stereocenters. The number of aliphatic hydroxyl groups excluding tert-OH is 5. The van der Waals surface area contributed by atoms with E-state index in [9.17, 15) is 30.3 Å². The maximum Gasteiger partial charge on any atom is 0.305 e. The van der Waals surface area contributed by atoms with E-state index in [1.54, 1.807) is 0 Å². The first kappa shape index (κ1) is 32.2. The number of hydrogen-bond acceptors (Lipinski definition) is 9. The van der Waals surface area contributed by atoms with Gasteiger partial charge in [0.25, 0.3) is 0 Å². The SMILES string of the molecule is CCCCCCCCCCCCCC(=O)OCC(CC)(CO)CO[C@H]1O[C@H](CO)[C@@H](O)[C@H](O)[C@H]1O. The van der Waals surface area contributed by atoms with E-state index in [-0.39, 0.29) is 25.8 Å². The molecule has 1 aliphatic heterocycles. The van der Waals surface area contributed by atoms with E-state index in [0.29, 0.717) is 12.8 Å². The Morgan fingerprint density at radius 3 is 1.89 bits per heavy atom. The molecule has 6 atom stereocenters. The van der Waals surface area contributed by atoms with Crippen LogP contribution < -0.4 is 0 Å². The van der Waals surface area contributed by atoms with Gasteiger partial charge < -0.3 is 39.7 Å². The van der Waals surface area contributed by atoms with Crippen molar-refractivity contribution in [3.63, 3.8) is 0 Å². The number of hydrogen-bond donors (Lipinski definition) is 5. The van der Waals surface area contributed by atoms with Gasteiger partial charge in [-0.15, -0.1) is 0 Å². The Labute approximate surface area is 210 Å². The normalized spacial score (nSPS) is 26.4. The van der Waals surface area contributed by atoms with Crippen molar-refractivity contribution < 1.29 is 44.5 Å². The van der Waals surface area contributed by atoms with Crippen molar-refractivity contribution in [2.75, 3.05) is 26.4 Å².